The first-order valence-corrected chi connectivity index (χ1v) is 4.96. The smallest absolute Gasteiger partial charge is 0.122 e. The van der Waals surface area contributed by atoms with Crippen molar-refractivity contribution in [2.45, 2.75) is 39.3 Å². The molecule has 0 saturated heterocycles. The highest BCUT2D eigenvalue weighted by molar-refractivity contribution is 5.38. The van der Waals surface area contributed by atoms with Gasteiger partial charge >= 0.3 is 0 Å². The van der Waals surface area contributed by atoms with Crippen molar-refractivity contribution in [2.75, 3.05) is 0 Å². The van der Waals surface area contributed by atoms with Gasteiger partial charge in [-0.15, -0.1) is 0 Å². The van der Waals surface area contributed by atoms with Crippen molar-refractivity contribution in [1.82, 2.24) is 0 Å². The largest absolute Gasteiger partial charge is 0.243 e. The molecule has 0 nitrogen and oxygen atoms in total. The molecule has 1 aliphatic rings. The lowest BCUT2D eigenvalue weighted by Crippen LogP contribution is -2.03. The molecule has 0 fully saturated rings. The van der Waals surface area contributed by atoms with Crippen LogP contribution in [0.15, 0.2) is 35.5 Å². The maximum Gasteiger partial charge on any atom is 0.122 e. The van der Waals surface area contributed by atoms with Crippen molar-refractivity contribution in [3.63, 3.8) is 0 Å². The third-order valence-electron chi connectivity index (χ3n) is 2.24. The van der Waals surface area contributed by atoms with E-state index in [1.807, 2.05) is 25.2 Å². The number of hydrogen-bond acceptors (Lipinski definition) is 0. The van der Waals surface area contributed by atoms with E-state index in [0.29, 0.717) is 0 Å². The molecular weight excluding hydrogens is 163 g/mol. The molecule has 0 aromatic heterocycles. The van der Waals surface area contributed by atoms with Gasteiger partial charge in [0.1, 0.15) is 6.17 Å². The minimum absolute atomic E-state index is 0.835. The molecule has 0 saturated carbocycles. The molecule has 0 amide bonds. The summed E-state index contributed by atoms with van der Waals surface area (Å²) in [6.07, 6.45) is 10.3. The van der Waals surface area contributed by atoms with Gasteiger partial charge in [-0.2, -0.15) is 0 Å². The Kier molecular flexibility index (Phi) is 3.94. The zero-order valence-corrected chi connectivity index (χ0v) is 8.39. The van der Waals surface area contributed by atoms with Gasteiger partial charge < -0.3 is 0 Å². The normalized spacial score (nSPS) is 19.9. The maximum atomic E-state index is 13.2. The quantitative estimate of drug-likeness (QED) is 0.616. The Labute approximate surface area is 79.8 Å². The van der Waals surface area contributed by atoms with Crippen LogP contribution >= 0.6 is 0 Å². The summed E-state index contributed by atoms with van der Waals surface area (Å²) in [7, 11) is 0. The number of hydrogen-bond donors (Lipinski definition) is 0. The van der Waals surface area contributed by atoms with E-state index in [4.69, 9.17) is 0 Å². The minimum atomic E-state index is -0.835. The summed E-state index contributed by atoms with van der Waals surface area (Å²) in [5.74, 6) is 0. The van der Waals surface area contributed by atoms with Gasteiger partial charge in [0.15, 0.2) is 0 Å². The first-order chi connectivity index (χ1) is 6.25. The van der Waals surface area contributed by atoms with Crippen LogP contribution in [0.25, 0.3) is 0 Å². The SMILES string of the molecule is CC/C=C(/C1=CC=CCC1)C(C)F. The summed E-state index contributed by atoms with van der Waals surface area (Å²) in [6.45, 7) is 3.66. The molecule has 0 aliphatic heterocycles. The third kappa shape index (κ3) is 2.83. The van der Waals surface area contributed by atoms with Crippen LogP contribution < -0.4 is 0 Å². The van der Waals surface area contributed by atoms with Gasteiger partial charge in [0, 0.05) is 0 Å². The summed E-state index contributed by atoms with van der Waals surface area (Å²) >= 11 is 0. The topological polar surface area (TPSA) is 0 Å². The first-order valence-electron chi connectivity index (χ1n) is 4.96. The molecule has 0 aromatic carbocycles. The van der Waals surface area contributed by atoms with E-state index < -0.39 is 6.17 Å². The average molecular weight is 180 g/mol. The van der Waals surface area contributed by atoms with Crippen LogP contribution in [0.5, 0.6) is 0 Å². The summed E-state index contributed by atoms with van der Waals surface area (Å²) in [5.41, 5.74) is 2.05. The Morgan fingerprint density at radius 1 is 1.69 bits per heavy atom. The molecule has 1 unspecified atom stereocenters. The molecule has 0 N–H and O–H groups in total. The molecule has 1 aliphatic carbocycles. The Morgan fingerprint density at radius 3 is 2.92 bits per heavy atom. The second-order valence-corrected chi connectivity index (χ2v) is 3.34. The van der Waals surface area contributed by atoms with Gasteiger partial charge in [0.2, 0.25) is 0 Å². The van der Waals surface area contributed by atoms with Gasteiger partial charge in [-0.1, -0.05) is 31.2 Å². The van der Waals surface area contributed by atoms with E-state index in [-0.39, 0.29) is 0 Å². The molecule has 1 rings (SSSR count). The third-order valence-corrected chi connectivity index (χ3v) is 2.24. The maximum absolute atomic E-state index is 13.2. The van der Waals surface area contributed by atoms with Crippen molar-refractivity contribution in [3.8, 4) is 0 Å². The van der Waals surface area contributed by atoms with E-state index in [1.165, 1.54) is 5.57 Å². The standard InChI is InChI=1S/C12H17F/c1-3-7-12(10(2)13)11-8-5-4-6-9-11/h4-5,7-8,10H,3,6,9H2,1-2H3/b12-7+. The molecule has 1 atom stereocenters. The van der Waals surface area contributed by atoms with E-state index in [1.54, 1.807) is 6.92 Å². The van der Waals surface area contributed by atoms with Crippen molar-refractivity contribution >= 4 is 0 Å². The lowest BCUT2D eigenvalue weighted by atomic mass is 9.94. The lowest BCUT2D eigenvalue weighted by Gasteiger charge is -2.14. The van der Waals surface area contributed by atoms with Crippen LogP contribution in [0.4, 0.5) is 4.39 Å². The highest BCUT2D eigenvalue weighted by Crippen LogP contribution is 2.24. The number of halogens is 1. The van der Waals surface area contributed by atoms with E-state index in [9.17, 15) is 4.39 Å². The highest BCUT2D eigenvalue weighted by Gasteiger charge is 2.11. The molecule has 0 aromatic rings. The summed E-state index contributed by atoms with van der Waals surface area (Å²) in [4.78, 5) is 0. The van der Waals surface area contributed by atoms with Gasteiger partial charge in [-0.05, 0) is 37.3 Å². The van der Waals surface area contributed by atoms with Crippen LogP contribution in [-0.4, -0.2) is 6.17 Å². The zero-order valence-electron chi connectivity index (χ0n) is 8.39. The number of rotatable bonds is 3. The monoisotopic (exact) mass is 180 g/mol. The molecule has 0 spiro atoms. The van der Waals surface area contributed by atoms with Gasteiger partial charge in [-0.25, -0.2) is 4.39 Å². The fourth-order valence-corrected chi connectivity index (χ4v) is 1.61. The molecule has 72 valence electrons. The van der Waals surface area contributed by atoms with Gasteiger partial charge in [0.25, 0.3) is 0 Å². The predicted molar refractivity (Wildman–Crippen MR) is 55.4 cm³/mol. The molecule has 0 heterocycles. The Morgan fingerprint density at radius 2 is 2.46 bits per heavy atom. The fourth-order valence-electron chi connectivity index (χ4n) is 1.61. The number of allylic oxidation sites excluding steroid dienone is 6. The highest BCUT2D eigenvalue weighted by atomic mass is 19.1. The zero-order chi connectivity index (χ0) is 9.68. The Hall–Kier alpha value is -0.850. The van der Waals surface area contributed by atoms with E-state index in [0.717, 1.165) is 24.8 Å². The van der Waals surface area contributed by atoms with Crippen LogP contribution in [0.2, 0.25) is 0 Å². The lowest BCUT2D eigenvalue weighted by molar-refractivity contribution is 0.412. The average Bonchev–Trinajstić information content (AvgIpc) is 2.15. The molecule has 13 heavy (non-hydrogen) atoms. The molecular formula is C12H17F. The first kappa shape index (κ1) is 10.2. The number of alkyl halides is 1. The van der Waals surface area contributed by atoms with E-state index in [2.05, 4.69) is 6.08 Å². The van der Waals surface area contributed by atoms with Crippen LogP contribution in [0, 0.1) is 0 Å². The van der Waals surface area contributed by atoms with Crippen molar-refractivity contribution in [3.05, 3.63) is 35.5 Å². The van der Waals surface area contributed by atoms with Gasteiger partial charge in [0.05, 0.1) is 0 Å². The van der Waals surface area contributed by atoms with Crippen molar-refractivity contribution < 1.29 is 4.39 Å². The molecule has 0 bridgehead atoms. The van der Waals surface area contributed by atoms with Gasteiger partial charge in [-0.3, -0.25) is 0 Å². The summed E-state index contributed by atoms with van der Waals surface area (Å²) in [5, 5.41) is 0. The summed E-state index contributed by atoms with van der Waals surface area (Å²) in [6, 6.07) is 0. The Bertz CT molecular complexity index is 244. The second kappa shape index (κ2) is 5.00. The van der Waals surface area contributed by atoms with Crippen LogP contribution in [0.3, 0.4) is 0 Å². The fraction of sp³-hybridized carbons (Fsp3) is 0.500. The predicted octanol–water partition coefficient (Wildman–Crippen LogP) is 3.96. The molecule has 0 radical (unpaired) electrons. The molecule has 1 heteroatoms. The Balaban J connectivity index is 2.81. The summed E-state index contributed by atoms with van der Waals surface area (Å²) < 4.78 is 13.2. The van der Waals surface area contributed by atoms with Crippen LogP contribution in [0.1, 0.15) is 33.1 Å². The van der Waals surface area contributed by atoms with Crippen molar-refractivity contribution in [2.24, 2.45) is 0 Å². The minimum Gasteiger partial charge on any atom is -0.243 e. The van der Waals surface area contributed by atoms with Crippen LogP contribution in [-0.2, 0) is 0 Å². The van der Waals surface area contributed by atoms with E-state index >= 15 is 0 Å². The second-order valence-electron chi connectivity index (χ2n) is 3.34. The van der Waals surface area contributed by atoms with Crippen molar-refractivity contribution in [1.29, 1.82) is 0 Å².